The number of morpholine rings is 1. The lowest BCUT2D eigenvalue weighted by molar-refractivity contribution is -0.00804. The van der Waals surface area contributed by atoms with E-state index in [9.17, 15) is 0 Å². The van der Waals surface area contributed by atoms with Crippen molar-refractivity contribution in [2.45, 2.75) is 32.3 Å². The number of ether oxygens (including phenoxy) is 2. The highest BCUT2D eigenvalue weighted by Gasteiger charge is 2.25. The minimum absolute atomic E-state index is 0.0537. The second-order valence-electron chi connectivity index (χ2n) is 6.04. The Kier molecular flexibility index (Phi) is 8.04. The van der Waals surface area contributed by atoms with Crippen molar-refractivity contribution in [2.24, 2.45) is 12.0 Å². The van der Waals surface area contributed by atoms with Gasteiger partial charge in [0.25, 0.3) is 0 Å². The van der Waals surface area contributed by atoms with Gasteiger partial charge in [0.05, 0.1) is 19.3 Å². The van der Waals surface area contributed by atoms with Gasteiger partial charge in [0.1, 0.15) is 6.10 Å². The summed E-state index contributed by atoms with van der Waals surface area (Å²) in [6.45, 7) is 7.04. The number of guanidine groups is 1. The molecular weight excluding hydrogens is 306 g/mol. The summed E-state index contributed by atoms with van der Waals surface area (Å²) >= 11 is 0. The van der Waals surface area contributed by atoms with E-state index in [-0.39, 0.29) is 6.10 Å². The van der Waals surface area contributed by atoms with Gasteiger partial charge in [-0.2, -0.15) is 5.10 Å². The molecule has 0 aromatic carbocycles. The van der Waals surface area contributed by atoms with Crippen LogP contribution in [0.2, 0.25) is 0 Å². The summed E-state index contributed by atoms with van der Waals surface area (Å²) in [4.78, 5) is 7.07. The van der Waals surface area contributed by atoms with Crippen LogP contribution >= 0.6 is 0 Å². The largest absolute Gasteiger partial charge is 0.385 e. The van der Waals surface area contributed by atoms with E-state index >= 15 is 0 Å². The summed E-state index contributed by atoms with van der Waals surface area (Å²) in [5.74, 6) is 0.987. The van der Waals surface area contributed by atoms with E-state index < -0.39 is 0 Å². The van der Waals surface area contributed by atoms with Crippen molar-refractivity contribution in [2.75, 3.05) is 46.5 Å². The lowest BCUT2D eigenvalue weighted by Crippen LogP contribution is -2.48. The number of aromatic nitrogens is 2. The van der Waals surface area contributed by atoms with Gasteiger partial charge in [-0.15, -0.1) is 0 Å². The zero-order chi connectivity index (χ0) is 17.2. The number of rotatable bonds is 8. The monoisotopic (exact) mass is 337 g/mol. The molecule has 1 aromatic rings. The smallest absolute Gasteiger partial charge is 0.194 e. The Morgan fingerprint density at radius 3 is 3.04 bits per heavy atom. The molecule has 1 unspecified atom stereocenters. The normalized spacial score (nSPS) is 18.9. The Hall–Kier alpha value is -1.60. The Morgan fingerprint density at radius 1 is 1.46 bits per heavy atom. The van der Waals surface area contributed by atoms with E-state index in [1.165, 1.54) is 0 Å². The van der Waals surface area contributed by atoms with Gasteiger partial charge in [-0.3, -0.25) is 9.67 Å². The fourth-order valence-corrected chi connectivity index (χ4v) is 2.80. The van der Waals surface area contributed by atoms with Gasteiger partial charge in [0.15, 0.2) is 5.96 Å². The Labute approximate surface area is 145 Å². The molecule has 1 aliphatic heterocycles. The first kappa shape index (κ1) is 18.7. The SMILES string of the molecule is CCNC(=NCCCCCOC)N1CCOC(c2cnn(C)c2)C1. The second kappa shape index (κ2) is 10.3. The molecule has 0 amide bonds. The van der Waals surface area contributed by atoms with Crippen LogP contribution in [0.5, 0.6) is 0 Å². The molecule has 136 valence electrons. The van der Waals surface area contributed by atoms with Crippen LogP contribution in [0.3, 0.4) is 0 Å². The van der Waals surface area contributed by atoms with E-state index in [0.717, 1.165) is 63.6 Å². The number of hydrogen-bond donors (Lipinski definition) is 1. The first-order valence-corrected chi connectivity index (χ1v) is 8.87. The van der Waals surface area contributed by atoms with Gasteiger partial charge in [0, 0.05) is 52.2 Å². The maximum Gasteiger partial charge on any atom is 0.194 e. The third-order valence-electron chi connectivity index (χ3n) is 4.07. The van der Waals surface area contributed by atoms with Crippen LogP contribution in [0.25, 0.3) is 0 Å². The number of aryl methyl sites for hydroxylation is 1. The summed E-state index contributed by atoms with van der Waals surface area (Å²) < 4.78 is 12.8. The van der Waals surface area contributed by atoms with E-state index in [0.29, 0.717) is 6.61 Å². The first-order chi connectivity index (χ1) is 11.7. The van der Waals surface area contributed by atoms with E-state index in [4.69, 9.17) is 14.5 Å². The third-order valence-corrected chi connectivity index (χ3v) is 4.07. The van der Waals surface area contributed by atoms with Crippen LogP contribution in [-0.2, 0) is 16.5 Å². The molecule has 7 heteroatoms. The third kappa shape index (κ3) is 5.79. The zero-order valence-corrected chi connectivity index (χ0v) is 15.2. The highest BCUT2D eigenvalue weighted by molar-refractivity contribution is 5.80. The summed E-state index contributed by atoms with van der Waals surface area (Å²) in [6.07, 6.45) is 7.30. The van der Waals surface area contributed by atoms with Crippen molar-refractivity contribution in [3.63, 3.8) is 0 Å². The molecule has 1 aromatic heterocycles. The van der Waals surface area contributed by atoms with Crippen LogP contribution < -0.4 is 5.32 Å². The number of unbranched alkanes of at least 4 members (excludes halogenated alkanes) is 2. The Balaban J connectivity index is 1.88. The molecule has 0 aliphatic carbocycles. The molecule has 1 N–H and O–H groups in total. The van der Waals surface area contributed by atoms with Crippen molar-refractivity contribution in [1.82, 2.24) is 20.0 Å². The van der Waals surface area contributed by atoms with Crippen molar-refractivity contribution in [1.29, 1.82) is 0 Å². The molecule has 0 saturated carbocycles. The Morgan fingerprint density at radius 2 is 2.33 bits per heavy atom. The topological polar surface area (TPSA) is 63.9 Å². The van der Waals surface area contributed by atoms with Crippen LogP contribution in [0.1, 0.15) is 37.9 Å². The van der Waals surface area contributed by atoms with E-state index in [1.807, 2.05) is 24.1 Å². The summed E-state index contributed by atoms with van der Waals surface area (Å²) in [6, 6.07) is 0. The predicted molar refractivity (Wildman–Crippen MR) is 95.2 cm³/mol. The van der Waals surface area contributed by atoms with Gasteiger partial charge < -0.3 is 19.7 Å². The van der Waals surface area contributed by atoms with Gasteiger partial charge in [-0.25, -0.2) is 0 Å². The molecule has 0 radical (unpaired) electrons. The number of hydrogen-bond acceptors (Lipinski definition) is 4. The lowest BCUT2D eigenvalue weighted by Gasteiger charge is -2.34. The molecule has 0 spiro atoms. The minimum atomic E-state index is 0.0537. The molecule has 2 heterocycles. The van der Waals surface area contributed by atoms with Crippen LogP contribution in [0, 0.1) is 0 Å². The molecule has 2 rings (SSSR count). The zero-order valence-electron chi connectivity index (χ0n) is 15.2. The first-order valence-electron chi connectivity index (χ1n) is 8.87. The van der Waals surface area contributed by atoms with Gasteiger partial charge in [0.2, 0.25) is 0 Å². The molecule has 1 fully saturated rings. The van der Waals surface area contributed by atoms with E-state index in [1.54, 1.807) is 7.11 Å². The molecule has 24 heavy (non-hydrogen) atoms. The maximum atomic E-state index is 5.91. The van der Waals surface area contributed by atoms with Crippen LogP contribution in [-0.4, -0.2) is 67.1 Å². The lowest BCUT2D eigenvalue weighted by atomic mass is 10.1. The van der Waals surface area contributed by atoms with Crippen molar-refractivity contribution in [3.8, 4) is 0 Å². The van der Waals surface area contributed by atoms with Crippen molar-refractivity contribution in [3.05, 3.63) is 18.0 Å². The molecule has 1 saturated heterocycles. The average Bonchev–Trinajstić information content (AvgIpc) is 3.03. The fourth-order valence-electron chi connectivity index (χ4n) is 2.80. The standard InChI is InChI=1S/C17H31N5O2/c1-4-18-17(19-8-6-5-7-10-23-3)22-9-11-24-16(14-22)15-12-20-21(2)13-15/h12-13,16H,4-11,14H2,1-3H3,(H,18,19). The van der Waals surface area contributed by atoms with E-state index in [2.05, 4.69) is 22.2 Å². The van der Waals surface area contributed by atoms with Gasteiger partial charge in [-0.05, 0) is 26.2 Å². The molecule has 0 bridgehead atoms. The van der Waals surface area contributed by atoms with Gasteiger partial charge in [-0.1, -0.05) is 0 Å². The number of nitrogens with one attached hydrogen (secondary N) is 1. The average molecular weight is 337 g/mol. The highest BCUT2D eigenvalue weighted by atomic mass is 16.5. The number of aliphatic imine (C=N–C) groups is 1. The molecule has 1 aliphatic rings. The quantitative estimate of drug-likeness (QED) is 0.443. The van der Waals surface area contributed by atoms with Crippen molar-refractivity contribution >= 4 is 5.96 Å². The summed E-state index contributed by atoms with van der Waals surface area (Å²) in [7, 11) is 3.68. The predicted octanol–water partition coefficient (Wildman–Crippen LogP) is 1.58. The molecular formula is C17H31N5O2. The highest BCUT2D eigenvalue weighted by Crippen LogP contribution is 2.21. The van der Waals surface area contributed by atoms with Crippen molar-refractivity contribution < 1.29 is 9.47 Å². The number of methoxy groups -OCH3 is 1. The maximum absolute atomic E-state index is 5.91. The summed E-state index contributed by atoms with van der Waals surface area (Å²) in [5.41, 5.74) is 1.12. The second-order valence-corrected chi connectivity index (χ2v) is 6.04. The van der Waals surface area contributed by atoms with Gasteiger partial charge >= 0.3 is 0 Å². The number of nitrogens with zero attached hydrogens (tertiary/aromatic N) is 4. The summed E-state index contributed by atoms with van der Waals surface area (Å²) in [5, 5.41) is 7.65. The van der Waals surface area contributed by atoms with Crippen LogP contribution in [0.15, 0.2) is 17.4 Å². The minimum Gasteiger partial charge on any atom is -0.385 e. The molecule has 1 atom stereocenters. The van der Waals surface area contributed by atoms with Crippen LogP contribution in [0.4, 0.5) is 0 Å². The Bertz CT molecular complexity index is 503. The fraction of sp³-hybridized carbons (Fsp3) is 0.765. The molecule has 7 nitrogen and oxygen atoms in total.